The number of hydrogen-bond donors (Lipinski definition) is 0. The van der Waals surface area contributed by atoms with E-state index in [1.807, 2.05) is 0 Å². The van der Waals surface area contributed by atoms with Gasteiger partial charge in [0.15, 0.2) is 0 Å². The lowest BCUT2D eigenvalue weighted by Crippen LogP contribution is -2.22. The molecule has 0 aromatic carbocycles. The van der Waals surface area contributed by atoms with Crippen molar-refractivity contribution in [3.8, 4) is 5.19 Å². The SMILES string of the molecule is O=C(Oc1nncs1)C1CCCCC1. The van der Waals surface area contributed by atoms with Crippen molar-refractivity contribution in [2.75, 3.05) is 0 Å². The maximum atomic E-state index is 11.6. The number of carbonyl (C=O) groups is 1. The summed E-state index contributed by atoms with van der Waals surface area (Å²) in [4.78, 5) is 11.6. The summed E-state index contributed by atoms with van der Waals surface area (Å²) in [7, 11) is 0. The highest BCUT2D eigenvalue weighted by Crippen LogP contribution is 2.25. The molecule has 1 aromatic rings. The maximum absolute atomic E-state index is 11.6. The van der Waals surface area contributed by atoms with Crippen LogP contribution in [-0.4, -0.2) is 16.2 Å². The Morgan fingerprint density at radius 3 is 2.86 bits per heavy atom. The zero-order valence-corrected chi connectivity index (χ0v) is 8.63. The van der Waals surface area contributed by atoms with Gasteiger partial charge >= 0.3 is 11.2 Å². The fraction of sp³-hybridized carbons (Fsp3) is 0.667. The van der Waals surface area contributed by atoms with E-state index in [0.717, 1.165) is 25.7 Å². The van der Waals surface area contributed by atoms with Crippen molar-refractivity contribution in [1.29, 1.82) is 0 Å². The summed E-state index contributed by atoms with van der Waals surface area (Å²) in [6, 6.07) is 0. The quantitative estimate of drug-likeness (QED) is 0.704. The van der Waals surface area contributed by atoms with Crippen LogP contribution in [0.1, 0.15) is 32.1 Å². The number of hydrogen-bond acceptors (Lipinski definition) is 5. The molecule has 4 nitrogen and oxygen atoms in total. The third kappa shape index (κ3) is 2.29. The van der Waals surface area contributed by atoms with Gasteiger partial charge in [-0.15, -0.1) is 5.10 Å². The van der Waals surface area contributed by atoms with Crippen molar-refractivity contribution in [2.24, 2.45) is 5.92 Å². The fourth-order valence-corrected chi connectivity index (χ4v) is 2.12. The van der Waals surface area contributed by atoms with E-state index in [9.17, 15) is 4.79 Å². The highest BCUT2D eigenvalue weighted by molar-refractivity contribution is 7.11. The Labute approximate surface area is 86.3 Å². The second-order valence-corrected chi connectivity index (χ2v) is 4.26. The molecule has 5 heteroatoms. The topological polar surface area (TPSA) is 52.1 Å². The molecule has 0 N–H and O–H groups in total. The molecule has 2 rings (SSSR count). The molecule has 0 bridgehead atoms. The molecular formula is C9H12N2O2S. The van der Waals surface area contributed by atoms with Gasteiger partial charge in [0.1, 0.15) is 5.51 Å². The lowest BCUT2D eigenvalue weighted by Gasteiger charge is -2.18. The average molecular weight is 212 g/mol. The number of rotatable bonds is 2. The first-order chi connectivity index (χ1) is 6.86. The molecule has 0 amide bonds. The Morgan fingerprint density at radius 1 is 1.43 bits per heavy atom. The summed E-state index contributed by atoms with van der Waals surface area (Å²) in [6.45, 7) is 0. The van der Waals surface area contributed by atoms with Crippen molar-refractivity contribution < 1.29 is 9.53 Å². The van der Waals surface area contributed by atoms with Crippen LogP contribution in [0.25, 0.3) is 0 Å². The number of aromatic nitrogens is 2. The lowest BCUT2D eigenvalue weighted by atomic mass is 9.89. The Bertz CT molecular complexity index is 294. The summed E-state index contributed by atoms with van der Waals surface area (Å²) < 4.78 is 5.10. The third-order valence-electron chi connectivity index (χ3n) is 2.47. The molecule has 0 aliphatic heterocycles. The molecule has 0 unspecified atom stereocenters. The van der Waals surface area contributed by atoms with Crippen LogP contribution in [0.5, 0.6) is 5.19 Å². The fourth-order valence-electron chi connectivity index (χ4n) is 1.72. The van der Waals surface area contributed by atoms with Crippen LogP contribution in [0, 0.1) is 5.92 Å². The normalized spacial score (nSPS) is 18.0. The van der Waals surface area contributed by atoms with E-state index < -0.39 is 0 Å². The largest absolute Gasteiger partial charge is 0.396 e. The molecule has 1 aromatic heterocycles. The summed E-state index contributed by atoms with van der Waals surface area (Å²) in [5.41, 5.74) is 1.56. The minimum Gasteiger partial charge on any atom is -0.396 e. The Morgan fingerprint density at radius 2 is 2.21 bits per heavy atom. The number of carbonyl (C=O) groups excluding carboxylic acids is 1. The van der Waals surface area contributed by atoms with Gasteiger partial charge in [0, 0.05) is 0 Å². The summed E-state index contributed by atoms with van der Waals surface area (Å²) in [6.07, 6.45) is 5.42. The van der Waals surface area contributed by atoms with Gasteiger partial charge in [-0.3, -0.25) is 4.79 Å². The van der Waals surface area contributed by atoms with Gasteiger partial charge in [-0.2, -0.15) is 0 Å². The zero-order chi connectivity index (χ0) is 9.80. The van der Waals surface area contributed by atoms with Gasteiger partial charge in [0.2, 0.25) is 0 Å². The lowest BCUT2D eigenvalue weighted by molar-refractivity contribution is -0.140. The second kappa shape index (κ2) is 4.50. The van der Waals surface area contributed by atoms with E-state index in [1.165, 1.54) is 17.8 Å². The molecule has 1 saturated carbocycles. The summed E-state index contributed by atoms with van der Waals surface area (Å²) >= 11 is 1.25. The minimum atomic E-state index is -0.138. The molecule has 1 aliphatic carbocycles. The van der Waals surface area contributed by atoms with Crippen LogP contribution in [0.2, 0.25) is 0 Å². The summed E-state index contributed by atoms with van der Waals surface area (Å²) in [5.74, 6) is -0.0610. The van der Waals surface area contributed by atoms with Crippen molar-refractivity contribution in [1.82, 2.24) is 10.2 Å². The first-order valence-electron chi connectivity index (χ1n) is 4.84. The van der Waals surface area contributed by atoms with Gasteiger partial charge in [-0.05, 0) is 12.8 Å². The van der Waals surface area contributed by atoms with Crippen LogP contribution < -0.4 is 4.74 Å². The molecule has 0 spiro atoms. The van der Waals surface area contributed by atoms with E-state index in [1.54, 1.807) is 5.51 Å². The highest BCUT2D eigenvalue weighted by Gasteiger charge is 2.23. The number of nitrogens with zero attached hydrogens (tertiary/aromatic N) is 2. The van der Waals surface area contributed by atoms with E-state index in [4.69, 9.17) is 4.74 Å². The van der Waals surface area contributed by atoms with Crippen molar-refractivity contribution >= 4 is 17.3 Å². The molecule has 0 atom stereocenters. The average Bonchev–Trinajstić information content (AvgIpc) is 2.72. The minimum absolute atomic E-state index is 0.0765. The molecular weight excluding hydrogens is 200 g/mol. The molecule has 0 saturated heterocycles. The first kappa shape index (κ1) is 9.58. The first-order valence-corrected chi connectivity index (χ1v) is 5.72. The number of ether oxygens (including phenoxy) is 1. The maximum Gasteiger partial charge on any atom is 0.316 e. The van der Waals surface area contributed by atoms with Crippen LogP contribution in [0.3, 0.4) is 0 Å². The van der Waals surface area contributed by atoms with E-state index in [2.05, 4.69) is 10.2 Å². The van der Waals surface area contributed by atoms with Crippen molar-refractivity contribution in [3.63, 3.8) is 0 Å². The van der Waals surface area contributed by atoms with Crippen LogP contribution in [0.4, 0.5) is 0 Å². The predicted octanol–water partition coefficient (Wildman–Crippen LogP) is 2.02. The molecule has 1 heterocycles. The Hall–Kier alpha value is -0.970. The summed E-state index contributed by atoms with van der Waals surface area (Å²) in [5, 5.41) is 7.65. The second-order valence-electron chi connectivity index (χ2n) is 3.46. The Balaban J connectivity index is 1.88. The van der Waals surface area contributed by atoms with Gasteiger partial charge in [0.25, 0.3) is 0 Å². The molecule has 14 heavy (non-hydrogen) atoms. The monoisotopic (exact) mass is 212 g/mol. The van der Waals surface area contributed by atoms with Crippen LogP contribution in [0.15, 0.2) is 5.51 Å². The third-order valence-corrected chi connectivity index (χ3v) is 3.03. The van der Waals surface area contributed by atoms with Gasteiger partial charge in [-0.25, -0.2) is 0 Å². The smallest absolute Gasteiger partial charge is 0.316 e. The van der Waals surface area contributed by atoms with Gasteiger partial charge in [-0.1, -0.05) is 35.7 Å². The van der Waals surface area contributed by atoms with Crippen LogP contribution in [-0.2, 0) is 4.79 Å². The van der Waals surface area contributed by atoms with Gasteiger partial charge < -0.3 is 4.74 Å². The van der Waals surface area contributed by atoms with E-state index in [-0.39, 0.29) is 11.9 Å². The number of esters is 1. The Kier molecular flexibility index (Phi) is 3.08. The van der Waals surface area contributed by atoms with E-state index in [0.29, 0.717) is 5.19 Å². The molecule has 1 aliphatic rings. The molecule has 0 radical (unpaired) electrons. The van der Waals surface area contributed by atoms with Crippen molar-refractivity contribution in [2.45, 2.75) is 32.1 Å². The predicted molar refractivity (Wildman–Crippen MR) is 52.1 cm³/mol. The van der Waals surface area contributed by atoms with E-state index >= 15 is 0 Å². The van der Waals surface area contributed by atoms with Crippen molar-refractivity contribution in [3.05, 3.63) is 5.51 Å². The standard InChI is InChI=1S/C9H12N2O2S/c12-8(7-4-2-1-3-5-7)13-9-11-10-6-14-9/h6-7H,1-5H2. The van der Waals surface area contributed by atoms with Gasteiger partial charge in [0.05, 0.1) is 5.92 Å². The molecule has 1 fully saturated rings. The zero-order valence-electron chi connectivity index (χ0n) is 7.81. The molecule has 76 valence electrons. The van der Waals surface area contributed by atoms with Crippen LogP contribution >= 0.6 is 11.3 Å². The highest BCUT2D eigenvalue weighted by atomic mass is 32.1.